The van der Waals surface area contributed by atoms with Crippen molar-refractivity contribution in [3.63, 3.8) is 0 Å². The summed E-state index contributed by atoms with van der Waals surface area (Å²) in [5.74, 6) is 1.85. The molecule has 0 aromatic heterocycles. The lowest BCUT2D eigenvalue weighted by atomic mass is 10.0. The number of hydrogen-bond donors (Lipinski definition) is 1. The van der Waals surface area contributed by atoms with Crippen LogP contribution in [0.2, 0.25) is 0 Å². The monoisotopic (exact) mass is 225 g/mol. The Morgan fingerprint density at radius 2 is 2.06 bits per heavy atom. The molecule has 2 rings (SSSR count). The van der Waals surface area contributed by atoms with E-state index in [9.17, 15) is 0 Å². The molecule has 0 aliphatic heterocycles. The third-order valence-electron chi connectivity index (χ3n) is 4.11. The lowest BCUT2D eigenvalue weighted by molar-refractivity contribution is 0.121. The second kappa shape index (κ2) is 6.61. The maximum absolute atomic E-state index is 5.64. The smallest absolute Gasteiger partial charge is 0.0494 e. The van der Waals surface area contributed by atoms with Crippen molar-refractivity contribution < 1.29 is 4.74 Å². The molecule has 2 saturated carbocycles. The third kappa shape index (κ3) is 4.06. The zero-order valence-corrected chi connectivity index (χ0v) is 10.7. The Bertz CT molecular complexity index is 191. The first-order valence-electron chi connectivity index (χ1n) is 7.21. The van der Waals surface area contributed by atoms with Gasteiger partial charge in [-0.1, -0.05) is 19.8 Å². The fourth-order valence-corrected chi connectivity index (χ4v) is 2.79. The fourth-order valence-electron chi connectivity index (χ4n) is 2.79. The Kier molecular flexibility index (Phi) is 5.11. The second-order valence-electron chi connectivity index (χ2n) is 5.53. The van der Waals surface area contributed by atoms with Crippen LogP contribution in [0.3, 0.4) is 0 Å². The van der Waals surface area contributed by atoms with Gasteiger partial charge in [0.25, 0.3) is 0 Å². The van der Waals surface area contributed by atoms with Crippen molar-refractivity contribution in [2.75, 3.05) is 19.8 Å². The van der Waals surface area contributed by atoms with Gasteiger partial charge < -0.3 is 10.1 Å². The first kappa shape index (κ1) is 12.4. The molecule has 0 radical (unpaired) electrons. The van der Waals surface area contributed by atoms with Gasteiger partial charge in [0.1, 0.15) is 0 Å². The zero-order chi connectivity index (χ0) is 11.2. The highest BCUT2D eigenvalue weighted by molar-refractivity contribution is 4.82. The van der Waals surface area contributed by atoms with Crippen molar-refractivity contribution in [3.8, 4) is 0 Å². The van der Waals surface area contributed by atoms with E-state index in [2.05, 4.69) is 12.2 Å². The number of rotatable bonds is 8. The Morgan fingerprint density at radius 1 is 1.19 bits per heavy atom. The Balaban J connectivity index is 1.44. The molecule has 1 N–H and O–H groups in total. The van der Waals surface area contributed by atoms with Gasteiger partial charge in [0.05, 0.1) is 0 Å². The minimum atomic E-state index is 0.799. The number of nitrogens with one attached hydrogen (secondary N) is 1. The van der Waals surface area contributed by atoms with Crippen molar-refractivity contribution in [1.82, 2.24) is 5.32 Å². The summed E-state index contributed by atoms with van der Waals surface area (Å²) in [5.41, 5.74) is 0. The molecule has 94 valence electrons. The maximum Gasteiger partial charge on any atom is 0.0494 e. The van der Waals surface area contributed by atoms with Crippen molar-refractivity contribution >= 4 is 0 Å². The minimum Gasteiger partial charge on any atom is -0.381 e. The summed E-state index contributed by atoms with van der Waals surface area (Å²) in [7, 11) is 0. The molecule has 0 amide bonds. The molecule has 16 heavy (non-hydrogen) atoms. The summed E-state index contributed by atoms with van der Waals surface area (Å²) >= 11 is 0. The highest BCUT2D eigenvalue weighted by Crippen LogP contribution is 2.29. The number of hydrogen-bond acceptors (Lipinski definition) is 2. The molecular formula is C14H27NO. The summed E-state index contributed by atoms with van der Waals surface area (Å²) in [6, 6.07) is 0.799. The lowest BCUT2D eigenvalue weighted by Gasteiger charge is -2.19. The number of ether oxygens (including phenoxy) is 1. The molecule has 2 aliphatic carbocycles. The van der Waals surface area contributed by atoms with Crippen LogP contribution < -0.4 is 5.32 Å². The quantitative estimate of drug-likeness (QED) is 0.641. The first-order chi connectivity index (χ1) is 7.90. The van der Waals surface area contributed by atoms with Gasteiger partial charge >= 0.3 is 0 Å². The molecule has 2 aliphatic rings. The van der Waals surface area contributed by atoms with Crippen LogP contribution >= 0.6 is 0 Å². The van der Waals surface area contributed by atoms with Gasteiger partial charge in [-0.25, -0.2) is 0 Å². The Hall–Kier alpha value is -0.0800. The molecule has 0 heterocycles. The van der Waals surface area contributed by atoms with Gasteiger partial charge in [-0.15, -0.1) is 0 Å². The van der Waals surface area contributed by atoms with E-state index in [0.717, 1.165) is 37.6 Å². The van der Waals surface area contributed by atoms with E-state index in [-0.39, 0.29) is 0 Å². The SMILES string of the molecule is CCC1CCCC1NCCCOCC1CC1. The normalized spacial score (nSPS) is 29.8. The molecule has 2 heteroatoms. The molecule has 2 nitrogen and oxygen atoms in total. The topological polar surface area (TPSA) is 21.3 Å². The maximum atomic E-state index is 5.64. The van der Waals surface area contributed by atoms with E-state index in [1.165, 1.54) is 44.9 Å². The predicted molar refractivity (Wildman–Crippen MR) is 67.6 cm³/mol. The van der Waals surface area contributed by atoms with Crippen LogP contribution in [-0.2, 0) is 4.74 Å². The van der Waals surface area contributed by atoms with Crippen molar-refractivity contribution in [1.29, 1.82) is 0 Å². The van der Waals surface area contributed by atoms with E-state index >= 15 is 0 Å². The summed E-state index contributed by atoms with van der Waals surface area (Å²) in [5, 5.41) is 3.71. The van der Waals surface area contributed by atoms with Crippen LogP contribution in [0.25, 0.3) is 0 Å². The van der Waals surface area contributed by atoms with Gasteiger partial charge in [-0.05, 0) is 50.5 Å². The van der Waals surface area contributed by atoms with Gasteiger partial charge in [0, 0.05) is 19.3 Å². The van der Waals surface area contributed by atoms with Crippen LogP contribution in [0.4, 0.5) is 0 Å². The highest BCUT2D eigenvalue weighted by Gasteiger charge is 2.24. The minimum absolute atomic E-state index is 0.799. The molecule has 0 bridgehead atoms. The van der Waals surface area contributed by atoms with Gasteiger partial charge in [-0.3, -0.25) is 0 Å². The summed E-state index contributed by atoms with van der Waals surface area (Å²) in [6.07, 6.45) is 9.58. The Labute approximate surface area is 100 Å². The van der Waals surface area contributed by atoms with Crippen molar-refractivity contribution in [2.45, 2.75) is 57.9 Å². The summed E-state index contributed by atoms with van der Waals surface area (Å²) in [4.78, 5) is 0. The largest absolute Gasteiger partial charge is 0.381 e. The summed E-state index contributed by atoms with van der Waals surface area (Å²) < 4.78 is 5.64. The van der Waals surface area contributed by atoms with E-state index in [0.29, 0.717) is 0 Å². The first-order valence-corrected chi connectivity index (χ1v) is 7.21. The van der Waals surface area contributed by atoms with Gasteiger partial charge in [-0.2, -0.15) is 0 Å². The van der Waals surface area contributed by atoms with Crippen LogP contribution in [0.15, 0.2) is 0 Å². The lowest BCUT2D eigenvalue weighted by Crippen LogP contribution is -2.33. The molecule has 0 aromatic carbocycles. The fraction of sp³-hybridized carbons (Fsp3) is 1.00. The summed E-state index contributed by atoms with van der Waals surface area (Å²) in [6.45, 7) is 5.43. The van der Waals surface area contributed by atoms with E-state index < -0.39 is 0 Å². The molecule has 2 unspecified atom stereocenters. The van der Waals surface area contributed by atoms with Crippen LogP contribution in [0.1, 0.15) is 51.9 Å². The van der Waals surface area contributed by atoms with E-state index in [1.54, 1.807) is 0 Å². The third-order valence-corrected chi connectivity index (χ3v) is 4.11. The van der Waals surface area contributed by atoms with Crippen LogP contribution in [0.5, 0.6) is 0 Å². The highest BCUT2D eigenvalue weighted by atomic mass is 16.5. The average molecular weight is 225 g/mol. The van der Waals surface area contributed by atoms with Crippen molar-refractivity contribution in [2.24, 2.45) is 11.8 Å². The van der Waals surface area contributed by atoms with E-state index in [1.807, 2.05) is 0 Å². The molecule has 2 fully saturated rings. The standard InChI is InChI=1S/C14H27NO/c1-2-13-5-3-6-14(13)15-9-4-10-16-11-12-7-8-12/h12-15H,2-11H2,1H3. The van der Waals surface area contributed by atoms with E-state index in [4.69, 9.17) is 4.74 Å². The van der Waals surface area contributed by atoms with Gasteiger partial charge in [0.15, 0.2) is 0 Å². The Morgan fingerprint density at radius 3 is 2.81 bits per heavy atom. The average Bonchev–Trinajstić information content (AvgIpc) is 3.01. The van der Waals surface area contributed by atoms with Gasteiger partial charge in [0.2, 0.25) is 0 Å². The second-order valence-corrected chi connectivity index (χ2v) is 5.53. The molecule has 0 spiro atoms. The predicted octanol–water partition coefficient (Wildman–Crippen LogP) is 2.97. The zero-order valence-electron chi connectivity index (χ0n) is 10.7. The molecule has 0 aromatic rings. The van der Waals surface area contributed by atoms with Crippen molar-refractivity contribution in [3.05, 3.63) is 0 Å². The molecule has 2 atom stereocenters. The van der Waals surface area contributed by atoms with Crippen LogP contribution in [0, 0.1) is 11.8 Å². The van der Waals surface area contributed by atoms with Crippen LogP contribution in [-0.4, -0.2) is 25.8 Å². The molecule has 0 saturated heterocycles. The molecular weight excluding hydrogens is 198 g/mol.